The number of hydrogen-bond donors (Lipinski definition) is 2. The SMILES string of the molecule is COc1cc2c(cc1OC)C(=O)[C@](CC1CCNCC1)([C@H](O)C1CCN(Cc3ccccc3)CC1)C2. The summed E-state index contributed by atoms with van der Waals surface area (Å²) in [7, 11) is 3.23. The van der Waals surface area contributed by atoms with Crippen LogP contribution in [0.25, 0.3) is 0 Å². The number of carbonyl (C=O) groups is 1. The summed E-state index contributed by atoms with van der Waals surface area (Å²) in [6, 6.07) is 14.3. The predicted molar refractivity (Wildman–Crippen MR) is 141 cm³/mol. The van der Waals surface area contributed by atoms with Crippen LogP contribution in [-0.2, 0) is 13.0 Å². The maximum Gasteiger partial charge on any atom is 0.172 e. The van der Waals surface area contributed by atoms with Crippen molar-refractivity contribution < 1.29 is 19.4 Å². The standard InChI is InChI=1S/C30H40N2O4/c1-35-26-16-24-19-30(18-21-8-12-31-13-9-21,29(34)25(24)17-27(26)36-2)28(33)23-10-14-32(15-11-23)20-22-6-4-3-5-7-22/h3-7,16-17,21,23,28,31,33H,8-15,18-20H2,1-2H3/t28-,30+/m1/s1. The minimum Gasteiger partial charge on any atom is -0.493 e. The number of aliphatic hydroxyl groups excluding tert-OH is 1. The van der Waals surface area contributed by atoms with Gasteiger partial charge in [-0.25, -0.2) is 0 Å². The zero-order valence-corrected chi connectivity index (χ0v) is 21.7. The first-order valence-corrected chi connectivity index (χ1v) is 13.5. The van der Waals surface area contributed by atoms with E-state index in [1.54, 1.807) is 14.2 Å². The second-order valence-electron chi connectivity index (χ2n) is 11.0. The van der Waals surface area contributed by atoms with E-state index in [2.05, 4.69) is 40.5 Å². The molecule has 0 unspecified atom stereocenters. The molecule has 2 aromatic rings. The Morgan fingerprint density at radius 1 is 1.03 bits per heavy atom. The van der Waals surface area contributed by atoms with Gasteiger partial charge in [-0.3, -0.25) is 9.69 Å². The summed E-state index contributed by atoms with van der Waals surface area (Å²) in [5.74, 6) is 1.88. The average Bonchev–Trinajstić information content (AvgIpc) is 3.20. The van der Waals surface area contributed by atoms with Crippen LogP contribution < -0.4 is 14.8 Å². The Hall–Kier alpha value is -2.41. The lowest BCUT2D eigenvalue weighted by Crippen LogP contribution is -2.49. The van der Waals surface area contributed by atoms with Crippen molar-refractivity contribution in [2.24, 2.45) is 17.3 Å². The Morgan fingerprint density at radius 3 is 2.36 bits per heavy atom. The van der Waals surface area contributed by atoms with Crippen LogP contribution in [0.15, 0.2) is 42.5 Å². The number of nitrogens with zero attached hydrogens (tertiary/aromatic N) is 1. The smallest absolute Gasteiger partial charge is 0.172 e. The molecule has 5 rings (SSSR count). The maximum atomic E-state index is 14.2. The fourth-order valence-corrected chi connectivity index (χ4v) is 6.81. The summed E-state index contributed by atoms with van der Waals surface area (Å²) < 4.78 is 11.1. The van der Waals surface area contributed by atoms with E-state index in [1.807, 2.05) is 12.1 Å². The van der Waals surface area contributed by atoms with Crippen LogP contribution in [0.3, 0.4) is 0 Å². The van der Waals surface area contributed by atoms with Crippen LogP contribution in [0.1, 0.15) is 53.6 Å². The van der Waals surface area contributed by atoms with Gasteiger partial charge in [-0.1, -0.05) is 30.3 Å². The lowest BCUT2D eigenvalue weighted by atomic mass is 9.65. The number of benzene rings is 2. The lowest BCUT2D eigenvalue weighted by Gasteiger charge is -2.43. The van der Waals surface area contributed by atoms with Crippen molar-refractivity contribution in [2.75, 3.05) is 40.4 Å². The van der Waals surface area contributed by atoms with Crippen molar-refractivity contribution in [3.05, 3.63) is 59.2 Å². The third-order valence-corrected chi connectivity index (χ3v) is 8.82. The van der Waals surface area contributed by atoms with E-state index in [-0.39, 0.29) is 11.7 Å². The number of hydrogen-bond acceptors (Lipinski definition) is 6. The Bertz CT molecular complexity index is 1040. The molecule has 3 aliphatic rings. The van der Waals surface area contributed by atoms with Gasteiger partial charge in [0.1, 0.15) is 0 Å². The average molecular weight is 493 g/mol. The number of methoxy groups -OCH3 is 2. The molecular weight excluding hydrogens is 452 g/mol. The van der Waals surface area contributed by atoms with Gasteiger partial charge < -0.3 is 19.9 Å². The molecule has 6 heteroatoms. The Labute approximate surface area is 215 Å². The number of piperidine rings is 2. The van der Waals surface area contributed by atoms with E-state index >= 15 is 0 Å². The van der Waals surface area contributed by atoms with Crippen LogP contribution in [0, 0.1) is 17.3 Å². The van der Waals surface area contributed by atoms with Crippen molar-refractivity contribution in [1.82, 2.24) is 10.2 Å². The topological polar surface area (TPSA) is 71.0 Å². The fourth-order valence-electron chi connectivity index (χ4n) is 6.81. The van der Waals surface area contributed by atoms with Gasteiger partial charge in [0, 0.05) is 12.1 Å². The molecule has 2 aliphatic heterocycles. The molecule has 0 amide bonds. The monoisotopic (exact) mass is 492 g/mol. The molecule has 194 valence electrons. The molecule has 2 saturated heterocycles. The van der Waals surface area contributed by atoms with Gasteiger partial charge >= 0.3 is 0 Å². The van der Waals surface area contributed by atoms with E-state index in [4.69, 9.17) is 9.47 Å². The minimum atomic E-state index is -0.770. The highest BCUT2D eigenvalue weighted by molar-refractivity contribution is 6.06. The van der Waals surface area contributed by atoms with Gasteiger partial charge in [0.15, 0.2) is 17.3 Å². The van der Waals surface area contributed by atoms with E-state index in [9.17, 15) is 9.90 Å². The van der Waals surface area contributed by atoms with Crippen LogP contribution in [0.2, 0.25) is 0 Å². The largest absolute Gasteiger partial charge is 0.493 e. The number of aliphatic hydroxyl groups is 1. The highest BCUT2D eigenvalue weighted by Crippen LogP contribution is 2.50. The molecule has 36 heavy (non-hydrogen) atoms. The fraction of sp³-hybridized carbons (Fsp3) is 0.567. The number of carbonyl (C=O) groups excluding carboxylic acids is 1. The molecule has 0 aromatic heterocycles. The molecule has 2 heterocycles. The number of ether oxygens (including phenoxy) is 2. The molecule has 6 nitrogen and oxygen atoms in total. The van der Waals surface area contributed by atoms with Gasteiger partial charge in [-0.05, 0) is 99.8 Å². The molecule has 2 fully saturated rings. The molecular formula is C30H40N2O4. The Morgan fingerprint density at radius 2 is 1.69 bits per heavy atom. The lowest BCUT2D eigenvalue weighted by molar-refractivity contribution is -0.0352. The summed E-state index contributed by atoms with van der Waals surface area (Å²) in [5.41, 5.74) is 2.23. The summed E-state index contributed by atoms with van der Waals surface area (Å²) in [6.45, 7) is 4.80. The van der Waals surface area contributed by atoms with Gasteiger partial charge in [-0.2, -0.15) is 0 Å². The zero-order valence-electron chi connectivity index (χ0n) is 21.7. The summed E-state index contributed by atoms with van der Waals surface area (Å²) in [4.78, 5) is 16.6. The quantitative estimate of drug-likeness (QED) is 0.578. The normalized spacial score (nSPS) is 24.5. The molecule has 2 atom stereocenters. The molecule has 0 spiro atoms. The summed E-state index contributed by atoms with van der Waals surface area (Å²) in [5, 5.41) is 15.5. The van der Waals surface area contributed by atoms with Gasteiger partial charge in [-0.15, -0.1) is 0 Å². The number of ketones is 1. The first kappa shape index (κ1) is 25.2. The van der Waals surface area contributed by atoms with Gasteiger partial charge in [0.05, 0.1) is 25.7 Å². The van der Waals surface area contributed by atoms with Crippen LogP contribution >= 0.6 is 0 Å². The number of likely N-dealkylation sites (tertiary alicyclic amines) is 1. The second-order valence-corrected chi connectivity index (χ2v) is 11.0. The first-order chi connectivity index (χ1) is 17.5. The maximum absolute atomic E-state index is 14.2. The second kappa shape index (κ2) is 10.9. The number of fused-ring (bicyclic) bond motifs is 1. The van der Waals surface area contributed by atoms with Crippen molar-refractivity contribution in [3.63, 3.8) is 0 Å². The Balaban J connectivity index is 1.37. The number of Topliss-reactive ketones (excluding diaryl/α,β-unsaturated/α-hetero) is 1. The molecule has 1 aliphatic carbocycles. The zero-order chi connectivity index (χ0) is 25.1. The van der Waals surface area contributed by atoms with E-state index in [0.29, 0.717) is 29.4 Å². The first-order valence-electron chi connectivity index (χ1n) is 13.5. The van der Waals surface area contributed by atoms with Crippen molar-refractivity contribution in [3.8, 4) is 11.5 Å². The van der Waals surface area contributed by atoms with Crippen molar-refractivity contribution in [1.29, 1.82) is 0 Å². The summed E-state index contributed by atoms with van der Waals surface area (Å²) >= 11 is 0. The van der Waals surface area contributed by atoms with E-state index in [0.717, 1.165) is 70.4 Å². The van der Waals surface area contributed by atoms with E-state index < -0.39 is 11.5 Å². The highest BCUT2D eigenvalue weighted by Gasteiger charge is 2.54. The molecule has 2 N–H and O–H groups in total. The number of rotatable bonds is 8. The Kier molecular flexibility index (Phi) is 7.65. The predicted octanol–water partition coefficient (Wildman–Crippen LogP) is 4.09. The van der Waals surface area contributed by atoms with Crippen LogP contribution in [-0.4, -0.2) is 62.3 Å². The van der Waals surface area contributed by atoms with Crippen LogP contribution in [0.4, 0.5) is 0 Å². The van der Waals surface area contributed by atoms with Crippen molar-refractivity contribution >= 4 is 5.78 Å². The number of nitrogens with one attached hydrogen (secondary N) is 1. The summed E-state index contributed by atoms with van der Waals surface area (Å²) in [6.07, 6.45) is 4.62. The van der Waals surface area contributed by atoms with Crippen molar-refractivity contribution in [2.45, 2.75) is 51.2 Å². The molecule has 2 aromatic carbocycles. The van der Waals surface area contributed by atoms with Crippen LogP contribution in [0.5, 0.6) is 11.5 Å². The molecule has 0 radical (unpaired) electrons. The minimum absolute atomic E-state index is 0.0937. The third kappa shape index (κ3) is 4.91. The molecule has 0 bridgehead atoms. The van der Waals surface area contributed by atoms with E-state index in [1.165, 1.54) is 5.56 Å². The highest BCUT2D eigenvalue weighted by atomic mass is 16.5. The third-order valence-electron chi connectivity index (χ3n) is 8.82. The van der Waals surface area contributed by atoms with Gasteiger partial charge in [0.2, 0.25) is 0 Å². The molecule has 0 saturated carbocycles. The van der Waals surface area contributed by atoms with Gasteiger partial charge in [0.25, 0.3) is 0 Å².